The molecule has 0 unspecified atom stereocenters. The van der Waals surface area contributed by atoms with Crippen LogP contribution in [0.25, 0.3) is 0 Å². The Kier molecular flexibility index (Phi) is 2.07. The lowest BCUT2D eigenvalue weighted by atomic mass is 10.4. The van der Waals surface area contributed by atoms with Crippen molar-refractivity contribution in [3.63, 3.8) is 0 Å². The number of carbonyl (C=O) groups is 1. The number of rotatable bonds is 1. The fourth-order valence-corrected chi connectivity index (χ4v) is 1.03. The van der Waals surface area contributed by atoms with Crippen molar-refractivity contribution >= 4 is 22.7 Å². The Hall–Kier alpha value is -0.550. The average Bonchev–Trinajstić information content (AvgIpc) is 1.90. The Bertz CT molecular complexity index is 156. The first kappa shape index (κ1) is 6.57. The molecule has 0 spiro atoms. The van der Waals surface area contributed by atoms with Gasteiger partial charge < -0.3 is 5.73 Å². The van der Waals surface area contributed by atoms with E-state index in [9.17, 15) is 4.79 Å². The van der Waals surface area contributed by atoms with Gasteiger partial charge in [-0.2, -0.15) is 5.10 Å². The molecule has 0 saturated heterocycles. The highest BCUT2D eigenvalue weighted by Gasteiger charge is 2.09. The highest BCUT2D eigenvalue weighted by molar-refractivity contribution is 8.14. The third kappa shape index (κ3) is 1.69. The summed E-state index contributed by atoms with van der Waals surface area (Å²) >= 11 is 1.19. The van der Waals surface area contributed by atoms with Gasteiger partial charge >= 0.3 is 0 Å². The zero-order valence-electron chi connectivity index (χ0n) is 4.76. The summed E-state index contributed by atoms with van der Waals surface area (Å²) in [6, 6.07) is 0. The van der Waals surface area contributed by atoms with Crippen LogP contribution >= 0.6 is 11.8 Å². The largest absolute Gasteiger partial charge is 0.325 e. The normalized spacial score (nSPS) is 18.8. The molecule has 9 heavy (non-hydrogen) atoms. The number of hydrogen-bond acceptors (Lipinski definition) is 4. The average molecular weight is 145 g/mol. The maximum Gasteiger partial charge on any atom is 0.299 e. The molecule has 1 heterocycles. The van der Waals surface area contributed by atoms with Crippen LogP contribution in [-0.4, -0.2) is 23.2 Å². The number of nitrogens with zero attached hydrogens (tertiary/aromatic N) is 1. The van der Waals surface area contributed by atoms with Crippen LogP contribution in [0.4, 0.5) is 4.79 Å². The van der Waals surface area contributed by atoms with Gasteiger partial charge in [-0.1, -0.05) is 11.8 Å². The first-order valence-electron chi connectivity index (χ1n) is 2.51. The molecule has 0 bridgehead atoms. The van der Waals surface area contributed by atoms with E-state index in [-0.39, 0.29) is 5.24 Å². The Morgan fingerprint density at radius 1 is 1.89 bits per heavy atom. The molecule has 0 radical (unpaired) electrons. The Morgan fingerprint density at radius 3 is 3.11 bits per heavy atom. The monoisotopic (exact) mass is 145 g/mol. The standard InChI is InChI=1S/C4H7N3OS/c5-1-3-2-9-4(8)7-6-3/h1-2,5H2,(H,7,8). The van der Waals surface area contributed by atoms with Crippen LogP contribution in [0, 0.1) is 0 Å². The topological polar surface area (TPSA) is 67.5 Å². The zero-order chi connectivity index (χ0) is 6.69. The van der Waals surface area contributed by atoms with Crippen molar-refractivity contribution in [1.29, 1.82) is 0 Å². The highest BCUT2D eigenvalue weighted by Crippen LogP contribution is 2.05. The van der Waals surface area contributed by atoms with Gasteiger partial charge in [0.05, 0.1) is 5.71 Å². The SMILES string of the molecule is NCC1=NNC(=O)SC1. The lowest BCUT2D eigenvalue weighted by molar-refractivity contribution is 0.261. The van der Waals surface area contributed by atoms with Crippen molar-refractivity contribution < 1.29 is 4.79 Å². The Labute approximate surface area is 56.9 Å². The molecular formula is C4H7N3OS. The van der Waals surface area contributed by atoms with Gasteiger partial charge in [0.15, 0.2) is 0 Å². The molecule has 0 aromatic rings. The van der Waals surface area contributed by atoms with Gasteiger partial charge in [-0.15, -0.1) is 0 Å². The fourth-order valence-electron chi connectivity index (χ4n) is 0.443. The molecule has 1 rings (SSSR count). The minimum absolute atomic E-state index is 0.104. The van der Waals surface area contributed by atoms with Crippen molar-refractivity contribution in [3.8, 4) is 0 Å². The summed E-state index contributed by atoms with van der Waals surface area (Å²) in [7, 11) is 0. The van der Waals surface area contributed by atoms with Crippen LogP contribution in [0.3, 0.4) is 0 Å². The van der Waals surface area contributed by atoms with E-state index in [2.05, 4.69) is 10.5 Å². The summed E-state index contributed by atoms with van der Waals surface area (Å²) in [5.74, 6) is 0.627. The Morgan fingerprint density at radius 2 is 2.67 bits per heavy atom. The summed E-state index contributed by atoms with van der Waals surface area (Å²) < 4.78 is 0. The quantitative estimate of drug-likeness (QED) is 0.535. The van der Waals surface area contributed by atoms with Crippen LogP contribution in [0.2, 0.25) is 0 Å². The van der Waals surface area contributed by atoms with Gasteiger partial charge in [0.25, 0.3) is 5.24 Å². The number of hydrazone groups is 1. The van der Waals surface area contributed by atoms with Gasteiger partial charge in [0.1, 0.15) is 0 Å². The molecule has 0 aromatic carbocycles. The summed E-state index contributed by atoms with van der Waals surface area (Å²) in [5.41, 5.74) is 8.40. The highest BCUT2D eigenvalue weighted by atomic mass is 32.2. The molecule has 1 aliphatic heterocycles. The summed E-state index contributed by atoms with van der Waals surface area (Å²) in [4.78, 5) is 10.4. The molecule has 0 saturated carbocycles. The predicted molar refractivity (Wildman–Crippen MR) is 37.5 cm³/mol. The number of nitrogens with two attached hydrogens (primary N) is 1. The van der Waals surface area contributed by atoms with E-state index in [1.54, 1.807) is 0 Å². The van der Waals surface area contributed by atoms with Crippen LogP contribution in [0.15, 0.2) is 5.10 Å². The van der Waals surface area contributed by atoms with Crippen molar-refractivity contribution in [1.82, 2.24) is 5.43 Å². The molecule has 50 valence electrons. The lowest BCUT2D eigenvalue weighted by Gasteiger charge is -2.07. The smallest absolute Gasteiger partial charge is 0.299 e. The van der Waals surface area contributed by atoms with Gasteiger partial charge in [-0.3, -0.25) is 4.79 Å². The maximum absolute atomic E-state index is 10.4. The van der Waals surface area contributed by atoms with Gasteiger partial charge in [0, 0.05) is 12.3 Å². The van der Waals surface area contributed by atoms with E-state index in [1.807, 2.05) is 0 Å². The molecule has 0 aromatic heterocycles. The third-order valence-electron chi connectivity index (χ3n) is 0.911. The number of carbonyl (C=O) groups excluding carboxylic acids is 1. The molecule has 1 aliphatic rings. The van der Waals surface area contributed by atoms with E-state index >= 15 is 0 Å². The molecule has 4 nitrogen and oxygen atoms in total. The maximum atomic E-state index is 10.4. The first-order valence-corrected chi connectivity index (χ1v) is 3.50. The second-order valence-electron chi connectivity index (χ2n) is 1.57. The van der Waals surface area contributed by atoms with Crippen LogP contribution < -0.4 is 11.2 Å². The second kappa shape index (κ2) is 2.84. The van der Waals surface area contributed by atoms with Crippen LogP contribution in [0.5, 0.6) is 0 Å². The van der Waals surface area contributed by atoms with Gasteiger partial charge in [-0.05, 0) is 0 Å². The van der Waals surface area contributed by atoms with Crippen molar-refractivity contribution in [2.24, 2.45) is 10.8 Å². The van der Waals surface area contributed by atoms with E-state index in [1.165, 1.54) is 11.8 Å². The van der Waals surface area contributed by atoms with Crippen molar-refractivity contribution in [2.75, 3.05) is 12.3 Å². The van der Waals surface area contributed by atoms with Gasteiger partial charge in [0.2, 0.25) is 0 Å². The number of amides is 1. The summed E-state index contributed by atoms with van der Waals surface area (Å²) in [6.07, 6.45) is 0. The predicted octanol–water partition coefficient (Wildman–Crippen LogP) is -0.242. The molecule has 1 amide bonds. The molecule has 5 heteroatoms. The summed E-state index contributed by atoms with van der Waals surface area (Å²) in [6.45, 7) is 0.424. The summed E-state index contributed by atoms with van der Waals surface area (Å²) in [5, 5.41) is 3.60. The molecule has 0 atom stereocenters. The molecule has 0 aliphatic carbocycles. The van der Waals surface area contributed by atoms with Crippen molar-refractivity contribution in [3.05, 3.63) is 0 Å². The Balaban J connectivity index is 2.50. The van der Waals surface area contributed by atoms with Gasteiger partial charge in [-0.25, -0.2) is 5.43 Å². The number of thioether (sulfide) groups is 1. The minimum atomic E-state index is -0.104. The van der Waals surface area contributed by atoms with Crippen LogP contribution in [0.1, 0.15) is 0 Å². The lowest BCUT2D eigenvalue weighted by Crippen LogP contribution is -2.28. The molecular weight excluding hydrogens is 138 g/mol. The molecule has 0 fully saturated rings. The fraction of sp³-hybridized carbons (Fsp3) is 0.500. The number of hydrogen-bond donors (Lipinski definition) is 2. The first-order chi connectivity index (χ1) is 4.33. The third-order valence-corrected chi connectivity index (χ3v) is 1.74. The van der Waals surface area contributed by atoms with E-state index in [4.69, 9.17) is 5.73 Å². The zero-order valence-corrected chi connectivity index (χ0v) is 5.57. The van der Waals surface area contributed by atoms with Crippen molar-refractivity contribution in [2.45, 2.75) is 0 Å². The van der Waals surface area contributed by atoms with E-state index in [0.29, 0.717) is 12.3 Å². The second-order valence-corrected chi connectivity index (χ2v) is 2.52. The van der Waals surface area contributed by atoms with E-state index < -0.39 is 0 Å². The molecule has 3 N–H and O–H groups in total. The van der Waals surface area contributed by atoms with Crippen LogP contribution in [-0.2, 0) is 0 Å². The minimum Gasteiger partial charge on any atom is -0.325 e. The van der Waals surface area contributed by atoms with E-state index in [0.717, 1.165) is 5.71 Å². The number of nitrogens with one attached hydrogen (secondary N) is 1.